The number of amides is 2. The molecule has 0 aliphatic rings. The van der Waals surface area contributed by atoms with Crippen LogP contribution >= 0.6 is 11.3 Å². The summed E-state index contributed by atoms with van der Waals surface area (Å²) in [5, 5.41) is 4.41. The number of ether oxygens (including phenoxy) is 1. The van der Waals surface area contributed by atoms with Crippen molar-refractivity contribution < 1.29 is 23.5 Å². The van der Waals surface area contributed by atoms with Crippen LogP contribution in [0.5, 0.6) is 0 Å². The number of hydrogen-bond donors (Lipinski definition) is 1. The normalized spacial score (nSPS) is 10.3. The number of benzene rings is 1. The Morgan fingerprint density at radius 1 is 1.22 bits per heavy atom. The zero-order chi connectivity index (χ0) is 19.6. The van der Waals surface area contributed by atoms with Crippen LogP contribution in [0.3, 0.4) is 0 Å². The molecule has 2 rings (SSSR count). The maximum absolute atomic E-state index is 13.2. The number of likely N-dealkylation sites (N-methyl/N-ethyl adjacent to an activating group) is 1. The summed E-state index contributed by atoms with van der Waals surface area (Å²) >= 11 is 1.31. The van der Waals surface area contributed by atoms with E-state index in [2.05, 4.69) is 5.32 Å². The molecule has 0 bridgehead atoms. The molecule has 6 nitrogen and oxygen atoms in total. The number of thiophene rings is 1. The van der Waals surface area contributed by atoms with E-state index < -0.39 is 5.97 Å². The van der Waals surface area contributed by atoms with E-state index in [4.69, 9.17) is 4.74 Å². The molecule has 8 heteroatoms. The Bertz CT molecular complexity index is 780. The molecule has 1 aromatic carbocycles. The number of carbonyl (C=O) groups excluding carboxylic acids is 3. The van der Waals surface area contributed by atoms with Gasteiger partial charge < -0.3 is 15.0 Å². The molecule has 0 fully saturated rings. The lowest BCUT2D eigenvalue weighted by Crippen LogP contribution is -2.34. The lowest BCUT2D eigenvalue weighted by Gasteiger charge is -2.21. The zero-order valence-corrected chi connectivity index (χ0v) is 15.8. The topological polar surface area (TPSA) is 75.7 Å². The first kappa shape index (κ1) is 20.6. The third-order valence-corrected chi connectivity index (χ3v) is 4.58. The Labute approximate surface area is 160 Å². The number of nitrogens with zero attached hydrogens (tertiary/aromatic N) is 1. The molecule has 0 unspecified atom stereocenters. The molecule has 2 amide bonds. The quantitative estimate of drug-likeness (QED) is 0.666. The lowest BCUT2D eigenvalue weighted by molar-refractivity contribution is -0.152. The Balaban J connectivity index is 1.71. The van der Waals surface area contributed by atoms with Crippen LogP contribution in [0.4, 0.5) is 4.39 Å². The molecule has 0 radical (unpaired) electrons. The number of rotatable bonds is 9. The van der Waals surface area contributed by atoms with Crippen molar-refractivity contribution in [2.75, 3.05) is 19.7 Å². The summed E-state index contributed by atoms with van der Waals surface area (Å²) in [6, 6.07) is 9.45. The van der Waals surface area contributed by atoms with Gasteiger partial charge in [0.05, 0.1) is 11.3 Å². The summed E-state index contributed by atoms with van der Waals surface area (Å²) in [5.41, 5.74) is 0.660. The molecule has 0 spiro atoms. The third kappa shape index (κ3) is 6.82. The Morgan fingerprint density at radius 2 is 2.04 bits per heavy atom. The van der Waals surface area contributed by atoms with Crippen molar-refractivity contribution >= 4 is 29.1 Å². The summed E-state index contributed by atoms with van der Waals surface area (Å²) in [5.74, 6) is -1.55. The Hall–Kier alpha value is -2.74. The minimum absolute atomic E-state index is 0.0274. The van der Waals surface area contributed by atoms with Crippen LogP contribution in [0.15, 0.2) is 41.8 Å². The van der Waals surface area contributed by atoms with Crippen LogP contribution in [0.25, 0.3) is 0 Å². The number of hydrogen-bond acceptors (Lipinski definition) is 5. The molecule has 2 aromatic rings. The highest BCUT2D eigenvalue weighted by Crippen LogP contribution is 2.08. The summed E-state index contributed by atoms with van der Waals surface area (Å²) in [6.07, 6.45) is -0.0274. The van der Waals surface area contributed by atoms with Gasteiger partial charge in [-0.05, 0) is 36.1 Å². The summed E-state index contributed by atoms with van der Waals surface area (Å²) in [6.45, 7) is 2.18. The molecular formula is C19H21FN2O4S. The molecule has 27 heavy (non-hydrogen) atoms. The number of halogens is 1. The molecule has 0 aliphatic heterocycles. The molecule has 1 aromatic heterocycles. The highest BCUT2D eigenvalue weighted by atomic mass is 32.1. The van der Waals surface area contributed by atoms with E-state index >= 15 is 0 Å². The monoisotopic (exact) mass is 392 g/mol. The third-order valence-electron chi connectivity index (χ3n) is 3.71. The first-order chi connectivity index (χ1) is 13.0. The molecule has 1 N–H and O–H groups in total. The minimum Gasteiger partial charge on any atom is -0.456 e. The van der Waals surface area contributed by atoms with Crippen LogP contribution in [0.2, 0.25) is 0 Å². The maximum atomic E-state index is 13.2. The van der Waals surface area contributed by atoms with Crippen molar-refractivity contribution in [2.45, 2.75) is 19.9 Å². The highest BCUT2D eigenvalue weighted by Gasteiger charge is 2.15. The smallest absolute Gasteiger partial charge is 0.308 e. The van der Waals surface area contributed by atoms with E-state index in [9.17, 15) is 18.8 Å². The summed E-state index contributed by atoms with van der Waals surface area (Å²) in [7, 11) is 0. The fourth-order valence-electron chi connectivity index (χ4n) is 2.31. The van der Waals surface area contributed by atoms with Gasteiger partial charge in [-0.3, -0.25) is 14.4 Å². The largest absolute Gasteiger partial charge is 0.456 e. The number of nitrogens with one attached hydrogen (secondary N) is 1. The van der Waals surface area contributed by atoms with Gasteiger partial charge in [0.2, 0.25) is 0 Å². The molecule has 1 heterocycles. The second-order valence-electron chi connectivity index (χ2n) is 5.68. The van der Waals surface area contributed by atoms with Gasteiger partial charge in [0.25, 0.3) is 11.8 Å². The highest BCUT2D eigenvalue weighted by molar-refractivity contribution is 7.12. The number of esters is 1. The van der Waals surface area contributed by atoms with E-state index in [0.717, 1.165) is 0 Å². The second kappa shape index (κ2) is 10.4. The van der Waals surface area contributed by atoms with Crippen LogP contribution in [0, 0.1) is 5.82 Å². The van der Waals surface area contributed by atoms with Gasteiger partial charge in [-0.1, -0.05) is 18.2 Å². The second-order valence-corrected chi connectivity index (χ2v) is 6.63. The summed E-state index contributed by atoms with van der Waals surface area (Å²) in [4.78, 5) is 37.7. The van der Waals surface area contributed by atoms with E-state index in [1.165, 1.54) is 28.4 Å². The average molecular weight is 392 g/mol. The van der Waals surface area contributed by atoms with Gasteiger partial charge in [-0.15, -0.1) is 11.3 Å². The van der Waals surface area contributed by atoms with Crippen LogP contribution in [0.1, 0.15) is 28.6 Å². The van der Waals surface area contributed by atoms with Crippen molar-refractivity contribution in [3.63, 3.8) is 0 Å². The molecule has 144 valence electrons. The zero-order valence-electron chi connectivity index (χ0n) is 14.9. The standard InChI is InChI=1S/C19H21FN2O4S/c1-2-22(12-14-5-3-6-15(20)11-14)17(23)13-26-18(24)8-9-21-19(25)16-7-4-10-27-16/h3-7,10-11H,2,8-9,12-13H2,1H3,(H,21,25). The Morgan fingerprint density at radius 3 is 2.70 bits per heavy atom. The fourth-order valence-corrected chi connectivity index (χ4v) is 2.95. The minimum atomic E-state index is -0.573. The van der Waals surface area contributed by atoms with Crippen molar-refractivity contribution in [3.05, 3.63) is 58.0 Å². The SMILES string of the molecule is CCN(Cc1cccc(F)c1)C(=O)COC(=O)CCNC(=O)c1cccs1. The lowest BCUT2D eigenvalue weighted by atomic mass is 10.2. The van der Waals surface area contributed by atoms with E-state index in [1.54, 1.807) is 36.6 Å². The van der Waals surface area contributed by atoms with Gasteiger partial charge in [-0.2, -0.15) is 0 Å². The van der Waals surface area contributed by atoms with Crippen molar-refractivity contribution in [3.8, 4) is 0 Å². The summed E-state index contributed by atoms with van der Waals surface area (Å²) < 4.78 is 18.2. The van der Waals surface area contributed by atoms with Crippen molar-refractivity contribution in [1.82, 2.24) is 10.2 Å². The molecule has 0 saturated carbocycles. The van der Waals surface area contributed by atoms with Crippen LogP contribution < -0.4 is 5.32 Å². The van der Waals surface area contributed by atoms with Gasteiger partial charge in [0, 0.05) is 19.6 Å². The van der Waals surface area contributed by atoms with Gasteiger partial charge >= 0.3 is 5.97 Å². The predicted octanol–water partition coefficient (Wildman–Crippen LogP) is 2.60. The molecule has 0 aliphatic carbocycles. The van der Waals surface area contributed by atoms with E-state index in [0.29, 0.717) is 17.0 Å². The number of carbonyl (C=O) groups is 3. The Kier molecular flexibility index (Phi) is 7.94. The van der Waals surface area contributed by atoms with Gasteiger partial charge in [-0.25, -0.2) is 4.39 Å². The first-order valence-corrected chi connectivity index (χ1v) is 9.37. The van der Waals surface area contributed by atoms with Gasteiger partial charge in [0.1, 0.15) is 5.82 Å². The van der Waals surface area contributed by atoms with Crippen molar-refractivity contribution in [1.29, 1.82) is 0 Å². The average Bonchev–Trinajstić information content (AvgIpc) is 3.19. The van der Waals surface area contributed by atoms with Crippen molar-refractivity contribution in [2.24, 2.45) is 0 Å². The maximum Gasteiger partial charge on any atom is 0.308 e. The molecular weight excluding hydrogens is 371 g/mol. The van der Waals surface area contributed by atoms with E-state index in [-0.39, 0.29) is 43.7 Å². The molecule has 0 saturated heterocycles. The van der Waals surface area contributed by atoms with Crippen LogP contribution in [-0.4, -0.2) is 42.4 Å². The van der Waals surface area contributed by atoms with Crippen LogP contribution in [-0.2, 0) is 20.9 Å². The predicted molar refractivity (Wildman–Crippen MR) is 99.7 cm³/mol. The molecule has 0 atom stereocenters. The van der Waals surface area contributed by atoms with Gasteiger partial charge in [0.15, 0.2) is 6.61 Å². The fraction of sp³-hybridized carbons (Fsp3) is 0.316. The first-order valence-electron chi connectivity index (χ1n) is 8.49. The van der Waals surface area contributed by atoms with E-state index in [1.807, 2.05) is 0 Å².